The fraction of sp³-hybridized carbons (Fsp3) is 0.208. The number of carbonyl (C=O) groups is 1. The molecule has 0 spiro atoms. The van der Waals surface area contributed by atoms with Gasteiger partial charge in [-0.15, -0.1) is 0 Å². The van der Waals surface area contributed by atoms with E-state index >= 15 is 0 Å². The molecular formula is C24H26N2O6S. The van der Waals surface area contributed by atoms with E-state index in [2.05, 4.69) is 0 Å². The van der Waals surface area contributed by atoms with E-state index in [0.29, 0.717) is 11.3 Å². The average molecular weight is 471 g/mol. The number of hydrogen-bond donors (Lipinski definition) is 2. The molecule has 33 heavy (non-hydrogen) atoms. The van der Waals surface area contributed by atoms with Crippen molar-refractivity contribution in [3.05, 3.63) is 83.9 Å². The smallest absolute Gasteiger partial charge is 0.276 e. The molecule has 3 aromatic rings. The molecule has 2 N–H and O–H groups in total. The van der Waals surface area contributed by atoms with E-state index < -0.39 is 15.9 Å². The molecule has 0 radical (unpaired) electrons. The lowest BCUT2D eigenvalue weighted by molar-refractivity contribution is 0.0706. The maximum atomic E-state index is 13.9. The molecule has 0 atom stereocenters. The van der Waals surface area contributed by atoms with Gasteiger partial charge in [0.05, 0.1) is 30.2 Å². The Kier molecular flexibility index (Phi) is 7.57. The highest BCUT2D eigenvalue weighted by Gasteiger charge is 2.32. The SMILES string of the molecule is COc1ccc(S(=O)(=O)N(Cc2ccccc2)c2c(OC(C)C)cccc2C(=O)NO)cc1. The molecule has 3 aromatic carbocycles. The Morgan fingerprint density at radius 2 is 1.67 bits per heavy atom. The van der Waals surface area contributed by atoms with Crippen LogP contribution in [0.1, 0.15) is 29.8 Å². The minimum Gasteiger partial charge on any atom is -0.497 e. The van der Waals surface area contributed by atoms with Gasteiger partial charge in [-0.1, -0.05) is 36.4 Å². The molecule has 0 aliphatic heterocycles. The summed E-state index contributed by atoms with van der Waals surface area (Å²) in [4.78, 5) is 12.5. The number of anilines is 1. The minimum atomic E-state index is -4.16. The number of para-hydroxylation sites is 1. The Balaban J connectivity index is 2.26. The summed E-state index contributed by atoms with van der Waals surface area (Å²) in [5, 5.41) is 9.31. The van der Waals surface area contributed by atoms with E-state index in [-0.39, 0.29) is 34.5 Å². The van der Waals surface area contributed by atoms with Gasteiger partial charge in [0.15, 0.2) is 0 Å². The van der Waals surface area contributed by atoms with Crippen molar-refractivity contribution in [2.75, 3.05) is 11.4 Å². The van der Waals surface area contributed by atoms with Crippen LogP contribution in [0.3, 0.4) is 0 Å². The number of nitrogens with zero attached hydrogens (tertiary/aromatic N) is 1. The molecule has 8 nitrogen and oxygen atoms in total. The molecule has 174 valence electrons. The number of methoxy groups -OCH3 is 1. The summed E-state index contributed by atoms with van der Waals surface area (Å²) in [6.07, 6.45) is -0.293. The molecule has 0 unspecified atom stereocenters. The number of amides is 1. The van der Waals surface area contributed by atoms with Gasteiger partial charge >= 0.3 is 0 Å². The van der Waals surface area contributed by atoms with Gasteiger partial charge in [0.1, 0.15) is 17.2 Å². The Morgan fingerprint density at radius 1 is 1.00 bits per heavy atom. The Hall–Kier alpha value is -3.56. The van der Waals surface area contributed by atoms with Crippen molar-refractivity contribution in [2.45, 2.75) is 31.4 Å². The number of sulfonamides is 1. The molecular weight excluding hydrogens is 444 g/mol. The van der Waals surface area contributed by atoms with Gasteiger partial charge in [-0.05, 0) is 55.8 Å². The molecule has 0 aromatic heterocycles. The monoisotopic (exact) mass is 470 g/mol. The number of nitrogens with one attached hydrogen (secondary N) is 1. The van der Waals surface area contributed by atoms with Crippen molar-refractivity contribution in [3.63, 3.8) is 0 Å². The maximum absolute atomic E-state index is 13.9. The third-order valence-electron chi connectivity index (χ3n) is 4.77. The third kappa shape index (κ3) is 5.44. The molecule has 0 saturated heterocycles. The van der Waals surface area contributed by atoms with Crippen LogP contribution >= 0.6 is 0 Å². The second-order valence-electron chi connectivity index (χ2n) is 7.43. The fourth-order valence-electron chi connectivity index (χ4n) is 3.28. The first-order chi connectivity index (χ1) is 15.8. The second-order valence-corrected chi connectivity index (χ2v) is 9.29. The van der Waals surface area contributed by atoms with Gasteiger partial charge in [-0.3, -0.25) is 14.3 Å². The van der Waals surface area contributed by atoms with Gasteiger partial charge in [-0.2, -0.15) is 0 Å². The predicted molar refractivity (Wildman–Crippen MR) is 124 cm³/mol. The van der Waals surface area contributed by atoms with Crippen LogP contribution in [-0.4, -0.2) is 32.7 Å². The van der Waals surface area contributed by atoms with Crippen LogP contribution in [0.2, 0.25) is 0 Å². The van der Waals surface area contributed by atoms with Gasteiger partial charge < -0.3 is 9.47 Å². The number of hydrogen-bond acceptors (Lipinski definition) is 6. The standard InChI is InChI=1S/C24H26N2O6S/c1-17(2)32-22-11-7-10-21(24(27)25-28)23(22)26(16-18-8-5-4-6-9-18)33(29,30)20-14-12-19(31-3)13-15-20/h4-15,17,28H,16H2,1-3H3,(H,25,27). The second kappa shape index (κ2) is 10.4. The number of benzene rings is 3. The van der Waals surface area contributed by atoms with Crippen LogP contribution in [0, 0.1) is 0 Å². The van der Waals surface area contributed by atoms with E-state index in [1.165, 1.54) is 25.3 Å². The lowest BCUT2D eigenvalue weighted by Gasteiger charge is -2.29. The molecule has 0 aliphatic rings. The zero-order valence-electron chi connectivity index (χ0n) is 18.6. The van der Waals surface area contributed by atoms with Crippen molar-refractivity contribution >= 4 is 21.6 Å². The summed E-state index contributed by atoms with van der Waals surface area (Å²) >= 11 is 0. The van der Waals surface area contributed by atoms with Gasteiger partial charge in [0.25, 0.3) is 15.9 Å². The first-order valence-corrected chi connectivity index (χ1v) is 11.7. The lowest BCUT2D eigenvalue weighted by atomic mass is 10.1. The van der Waals surface area contributed by atoms with E-state index in [1.54, 1.807) is 67.9 Å². The zero-order valence-corrected chi connectivity index (χ0v) is 19.4. The molecule has 1 amide bonds. The summed E-state index contributed by atoms with van der Waals surface area (Å²) in [5.74, 6) is -0.159. The predicted octanol–water partition coefficient (Wildman–Crippen LogP) is 4.00. The van der Waals surface area contributed by atoms with Crippen molar-refractivity contribution in [1.29, 1.82) is 0 Å². The van der Waals surface area contributed by atoms with Gasteiger partial charge in [0, 0.05) is 0 Å². The van der Waals surface area contributed by atoms with E-state index in [0.717, 1.165) is 4.31 Å². The number of ether oxygens (including phenoxy) is 2. The largest absolute Gasteiger partial charge is 0.497 e. The van der Waals surface area contributed by atoms with E-state index in [9.17, 15) is 18.4 Å². The highest BCUT2D eigenvalue weighted by atomic mass is 32.2. The molecule has 0 aliphatic carbocycles. The highest BCUT2D eigenvalue weighted by Crippen LogP contribution is 2.38. The van der Waals surface area contributed by atoms with E-state index in [4.69, 9.17) is 9.47 Å². The molecule has 9 heteroatoms. The quantitative estimate of drug-likeness (QED) is 0.362. The lowest BCUT2D eigenvalue weighted by Crippen LogP contribution is -2.34. The number of rotatable bonds is 9. The molecule has 0 saturated carbocycles. The highest BCUT2D eigenvalue weighted by molar-refractivity contribution is 7.92. The van der Waals surface area contributed by atoms with Crippen LogP contribution in [0.15, 0.2) is 77.7 Å². The normalized spacial score (nSPS) is 11.2. The van der Waals surface area contributed by atoms with E-state index in [1.807, 2.05) is 6.07 Å². The summed E-state index contributed by atoms with van der Waals surface area (Å²) < 4.78 is 39.9. The Labute approximate surface area is 193 Å². The third-order valence-corrected chi connectivity index (χ3v) is 6.53. The Morgan fingerprint density at radius 3 is 2.24 bits per heavy atom. The van der Waals surface area contributed by atoms with Crippen LogP contribution in [0.5, 0.6) is 11.5 Å². The topological polar surface area (TPSA) is 105 Å². The maximum Gasteiger partial charge on any atom is 0.276 e. The van der Waals surface area contributed by atoms with Crippen molar-refractivity contribution in [3.8, 4) is 11.5 Å². The van der Waals surface area contributed by atoms with Crippen LogP contribution in [0.4, 0.5) is 5.69 Å². The average Bonchev–Trinajstić information content (AvgIpc) is 2.82. The minimum absolute atomic E-state index is 0.00828. The number of hydroxylamine groups is 1. The fourth-order valence-corrected chi connectivity index (χ4v) is 4.76. The summed E-state index contributed by atoms with van der Waals surface area (Å²) in [6.45, 7) is 3.52. The first kappa shape index (κ1) is 24.1. The molecule has 0 heterocycles. The van der Waals surface area contributed by atoms with Crippen molar-refractivity contribution < 1.29 is 27.9 Å². The van der Waals surface area contributed by atoms with Crippen LogP contribution < -0.4 is 19.3 Å². The number of carbonyl (C=O) groups excluding carboxylic acids is 1. The summed E-state index contributed by atoms with van der Waals surface area (Å²) in [5.41, 5.74) is 2.27. The Bertz CT molecular complexity index is 1200. The van der Waals surface area contributed by atoms with Gasteiger partial charge in [-0.25, -0.2) is 13.9 Å². The summed E-state index contributed by atoms with van der Waals surface area (Å²) in [7, 11) is -2.67. The van der Waals surface area contributed by atoms with Crippen LogP contribution in [0.25, 0.3) is 0 Å². The van der Waals surface area contributed by atoms with Crippen LogP contribution in [-0.2, 0) is 16.6 Å². The molecule has 0 bridgehead atoms. The van der Waals surface area contributed by atoms with Crippen molar-refractivity contribution in [2.24, 2.45) is 0 Å². The van der Waals surface area contributed by atoms with Gasteiger partial charge in [0.2, 0.25) is 0 Å². The first-order valence-electron chi connectivity index (χ1n) is 10.2. The molecule has 0 fully saturated rings. The molecule has 3 rings (SSSR count). The zero-order chi connectivity index (χ0) is 24.0. The summed E-state index contributed by atoms with van der Waals surface area (Å²) in [6, 6.07) is 19.5. The van der Waals surface area contributed by atoms with Crippen molar-refractivity contribution in [1.82, 2.24) is 5.48 Å².